The SMILES string of the molecule is CCOC(=O)N1[C@@H]2C=C[C@@H](C2=C(c2ccccc2)c2ccc(F)cc2)N1C(=O)OCC. The van der Waals surface area contributed by atoms with Crippen LogP contribution in [-0.4, -0.2) is 47.5 Å². The summed E-state index contributed by atoms with van der Waals surface area (Å²) in [4.78, 5) is 25.6. The van der Waals surface area contributed by atoms with Crippen LogP contribution in [0, 0.1) is 5.82 Å². The third-order valence-electron chi connectivity index (χ3n) is 5.27. The summed E-state index contributed by atoms with van der Waals surface area (Å²) in [6.07, 6.45) is 2.49. The fourth-order valence-corrected chi connectivity index (χ4v) is 4.09. The molecule has 2 aromatic rings. The van der Waals surface area contributed by atoms with Gasteiger partial charge in [-0.2, -0.15) is 0 Å². The number of benzene rings is 2. The molecule has 2 atom stereocenters. The summed E-state index contributed by atoms with van der Waals surface area (Å²) in [5.41, 5.74) is 3.36. The molecule has 1 saturated heterocycles. The number of fused-ring (bicyclic) bond motifs is 2. The average molecular weight is 422 g/mol. The van der Waals surface area contributed by atoms with E-state index in [0.717, 1.165) is 22.3 Å². The third-order valence-corrected chi connectivity index (χ3v) is 5.27. The minimum absolute atomic E-state index is 0.176. The van der Waals surface area contributed by atoms with Crippen LogP contribution in [0.4, 0.5) is 14.0 Å². The molecule has 2 aliphatic rings. The number of rotatable bonds is 4. The minimum atomic E-state index is -0.628. The van der Waals surface area contributed by atoms with Gasteiger partial charge >= 0.3 is 12.2 Å². The molecular formula is C24H23FN2O4. The van der Waals surface area contributed by atoms with E-state index in [2.05, 4.69) is 0 Å². The van der Waals surface area contributed by atoms with E-state index in [-0.39, 0.29) is 19.0 Å². The second kappa shape index (κ2) is 8.63. The first kappa shape index (κ1) is 20.7. The molecule has 2 aromatic carbocycles. The molecule has 4 rings (SSSR count). The van der Waals surface area contributed by atoms with E-state index in [1.165, 1.54) is 22.2 Å². The second-order valence-corrected chi connectivity index (χ2v) is 7.06. The Morgan fingerprint density at radius 1 is 0.806 bits per heavy atom. The van der Waals surface area contributed by atoms with Gasteiger partial charge in [-0.1, -0.05) is 54.6 Å². The molecule has 2 amide bonds. The molecule has 0 saturated carbocycles. The van der Waals surface area contributed by atoms with Gasteiger partial charge in [0.25, 0.3) is 0 Å². The van der Waals surface area contributed by atoms with E-state index < -0.39 is 24.3 Å². The molecule has 0 unspecified atom stereocenters. The maximum atomic E-state index is 13.6. The van der Waals surface area contributed by atoms with Crippen molar-refractivity contribution in [3.05, 3.63) is 89.3 Å². The maximum Gasteiger partial charge on any atom is 0.429 e. The molecule has 0 spiro atoms. The van der Waals surface area contributed by atoms with Crippen LogP contribution in [-0.2, 0) is 9.47 Å². The zero-order chi connectivity index (χ0) is 22.0. The lowest BCUT2D eigenvalue weighted by Gasteiger charge is -2.32. The van der Waals surface area contributed by atoms with Crippen LogP contribution in [0.5, 0.6) is 0 Å². The van der Waals surface area contributed by atoms with Crippen molar-refractivity contribution in [3.63, 3.8) is 0 Å². The first-order chi connectivity index (χ1) is 15.1. The van der Waals surface area contributed by atoms with E-state index >= 15 is 0 Å². The van der Waals surface area contributed by atoms with Crippen LogP contribution in [0.3, 0.4) is 0 Å². The molecule has 2 bridgehead atoms. The quantitative estimate of drug-likeness (QED) is 0.666. The summed E-state index contributed by atoms with van der Waals surface area (Å²) in [6.45, 7) is 3.77. The van der Waals surface area contributed by atoms with E-state index in [1.54, 1.807) is 26.0 Å². The molecular weight excluding hydrogens is 399 g/mol. The van der Waals surface area contributed by atoms with Crippen molar-refractivity contribution in [3.8, 4) is 0 Å². The van der Waals surface area contributed by atoms with Crippen molar-refractivity contribution in [2.45, 2.75) is 25.9 Å². The highest BCUT2D eigenvalue weighted by Crippen LogP contribution is 2.44. The topological polar surface area (TPSA) is 59.1 Å². The summed E-state index contributed by atoms with van der Waals surface area (Å²) >= 11 is 0. The standard InChI is InChI=1S/C24H23FN2O4/c1-3-30-23(28)26-19-14-15-20(27(26)24(29)31-4-2)22(19)21(16-8-6-5-7-9-16)17-10-12-18(25)13-11-17/h5-15,19-20H,3-4H2,1-2H3/t19-,20+. The Kier molecular flexibility index (Phi) is 5.75. The molecule has 0 radical (unpaired) electrons. The largest absolute Gasteiger partial charge is 0.448 e. The van der Waals surface area contributed by atoms with Crippen molar-refractivity contribution in [2.75, 3.05) is 13.2 Å². The van der Waals surface area contributed by atoms with Crippen molar-refractivity contribution < 1.29 is 23.5 Å². The number of carbonyl (C=O) groups is 2. The summed E-state index contributed by atoms with van der Waals surface area (Å²) in [7, 11) is 0. The van der Waals surface area contributed by atoms with Crippen molar-refractivity contribution in [2.24, 2.45) is 0 Å². The molecule has 0 N–H and O–H groups in total. The Bertz CT molecular complexity index is 997. The normalized spacial score (nSPS) is 20.7. The van der Waals surface area contributed by atoms with E-state index in [9.17, 15) is 14.0 Å². The molecule has 1 aliphatic carbocycles. The number of nitrogens with zero attached hydrogens (tertiary/aromatic N) is 2. The number of hydrogen-bond donors (Lipinski definition) is 0. The van der Waals surface area contributed by atoms with Crippen molar-refractivity contribution in [1.82, 2.24) is 10.0 Å². The second-order valence-electron chi connectivity index (χ2n) is 7.06. The van der Waals surface area contributed by atoms with E-state index in [4.69, 9.17) is 9.47 Å². The maximum absolute atomic E-state index is 13.6. The van der Waals surface area contributed by atoms with Crippen LogP contribution < -0.4 is 0 Å². The molecule has 6 nitrogen and oxygen atoms in total. The van der Waals surface area contributed by atoms with Gasteiger partial charge in [0.1, 0.15) is 5.82 Å². The van der Waals surface area contributed by atoms with Crippen LogP contribution in [0.15, 0.2) is 72.3 Å². The van der Waals surface area contributed by atoms with Crippen LogP contribution >= 0.6 is 0 Å². The van der Waals surface area contributed by atoms with Gasteiger partial charge in [0.05, 0.1) is 25.3 Å². The van der Waals surface area contributed by atoms with Gasteiger partial charge < -0.3 is 9.47 Å². The summed E-state index contributed by atoms with van der Waals surface area (Å²) < 4.78 is 24.1. The monoisotopic (exact) mass is 422 g/mol. The number of halogens is 1. The van der Waals surface area contributed by atoms with Gasteiger partial charge in [0.2, 0.25) is 0 Å². The lowest BCUT2D eigenvalue weighted by atomic mass is 9.89. The molecule has 0 aromatic heterocycles. The van der Waals surface area contributed by atoms with Gasteiger partial charge in [-0.15, -0.1) is 0 Å². The minimum Gasteiger partial charge on any atom is -0.448 e. The highest BCUT2D eigenvalue weighted by Gasteiger charge is 2.52. The molecule has 160 valence electrons. The van der Waals surface area contributed by atoms with Gasteiger partial charge in [-0.25, -0.2) is 24.0 Å². The lowest BCUT2D eigenvalue weighted by Crippen LogP contribution is -2.52. The number of amides is 2. The van der Waals surface area contributed by atoms with Crippen molar-refractivity contribution in [1.29, 1.82) is 0 Å². The summed E-state index contributed by atoms with van der Waals surface area (Å²) in [5, 5.41) is 2.60. The lowest BCUT2D eigenvalue weighted by molar-refractivity contribution is -0.0130. The third kappa shape index (κ3) is 3.67. The smallest absolute Gasteiger partial charge is 0.429 e. The number of ether oxygens (including phenoxy) is 2. The Balaban J connectivity index is 1.91. The highest BCUT2D eigenvalue weighted by molar-refractivity contribution is 5.88. The zero-order valence-electron chi connectivity index (χ0n) is 17.3. The first-order valence-electron chi connectivity index (χ1n) is 10.2. The fourth-order valence-electron chi connectivity index (χ4n) is 4.09. The predicted molar refractivity (Wildman–Crippen MR) is 113 cm³/mol. The number of hydrogen-bond acceptors (Lipinski definition) is 4. The zero-order valence-corrected chi connectivity index (χ0v) is 17.3. The first-order valence-corrected chi connectivity index (χ1v) is 10.2. The molecule has 1 aliphatic heterocycles. The summed E-state index contributed by atoms with van der Waals surface area (Å²) in [5.74, 6) is -0.338. The molecule has 1 fully saturated rings. The van der Waals surface area contributed by atoms with Gasteiger partial charge in [-0.05, 0) is 48.3 Å². The molecule has 7 heteroatoms. The van der Waals surface area contributed by atoms with Gasteiger partial charge in [-0.3, -0.25) is 0 Å². The number of hydrazine groups is 1. The predicted octanol–water partition coefficient (Wildman–Crippen LogP) is 4.78. The van der Waals surface area contributed by atoms with Gasteiger partial charge in [0.15, 0.2) is 0 Å². The van der Waals surface area contributed by atoms with E-state index in [1.807, 2.05) is 42.5 Å². The Morgan fingerprint density at radius 2 is 1.29 bits per heavy atom. The Hall–Kier alpha value is -3.61. The molecule has 1 heterocycles. The summed E-state index contributed by atoms with van der Waals surface area (Å²) in [6, 6.07) is 14.8. The average Bonchev–Trinajstić information content (AvgIpc) is 3.32. The van der Waals surface area contributed by atoms with Crippen LogP contribution in [0.1, 0.15) is 25.0 Å². The van der Waals surface area contributed by atoms with Gasteiger partial charge in [0, 0.05) is 0 Å². The van der Waals surface area contributed by atoms with Crippen LogP contribution in [0.2, 0.25) is 0 Å². The molecule has 31 heavy (non-hydrogen) atoms. The van der Waals surface area contributed by atoms with E-state index in [0.29, 0.717) is 0 Å². The van der Waals surface area contributed by atoms with Crippen molar-refractivity contribution >= 4 is 17.8 Å². The fraction of sp³-hybridized carbons (Fsp3) is 0.250. The number of carbonyl (C=O) groups excluding carboxylic acids is 2. The van der Waals surface area contributed by atoms with Crippen LogP contribution in [0.25, 0.3) is 5.57 Å². The Morgan fingerprint density at radius 3 is 1.77 bits per heavy atom. The Labute approximate surface area is 180 Å². The highest BCUT2D eigenvalue weighted by atomic mass is 19.1.